The number of hydrogen-bond acceptors (Lipinski definition) is 2. The Morgan fingerprint density at radius 1 is 1.50 bits per heavy atom. The summed E-state index contributed by atoms with van der Waals surface area (Å²) in [6.07, 6.45) is 5.16. The number of nitrogens with two attached hydrogens (primary N) is 1. The van der Waals surface area contributed by atoms with Gasteiger partial charge >= 0.3 is 0 Å². The average Bonchev–Trinajstić information content (AvgIpc) is 2.82. The highest BCUT2D eigenvalue weighted by atomic mass is 16.3. The van der Waals surface area contributed by atoms with Gasteiger partial charge in [0, 0.05) is 12.3 Å². The van der Waals surface area contributed by atoms with Crippen molar-refractivity contribution in [3.63, 3.8) is 0 Å². The summed E-state index contributed by atoms with van der Waals surface area (Å²) in [4.78, 5) is 0. The van der Waals surface area contributed by atoms with Crippen LogP contribution in [-0.2, 0) is 6.42 Å². The Morgan fingerprint density at radius 2 is 2.29 bits per heavy atom. The first kappa shape index (κ1) is 8.54. The first-order valence-electron chi connectivity index (χ1n) is 5.54. The molecule has 1 heterocycles. The van der Waals surface area contributed by atoms with Crippen LogP contribution in [0.25, 0.3) is 0 Å². The molecule has 1 spiro atoms. The Hall–Kier alpha value is -0.760. The third-order valence-electron chi connectivity index (χ3n) is 4.06. The third kappa shape index (κ3) is 1.01. The number of hydrogen-bond donors (Lipinski definition) is 1. The molecule has 0 aromatic carbocycles. The standard InChI is InChI=1S/C12H17NO/c1-8-6-9-10(7-13)12(4-5-12)3-2-11(9)14-8/h6,10H,2-5,7,13H2,1H3. The molecule has 76 valence electrons. The van der Waals surface area contributed by atoms with Gasteiger partial charge in [-0.2, -0.15) is 0 Å². The summed E-state index contributed by atoms with van der Waals surface area (Å²) in [5.41, 5.74) is 7.88. The molecule has 0 saturated heterocycles. The number of aryl methyl sites for hydroxylation is 2. The molecule has 0 aliphatic heterocycles. The van der Waals surface area contributed by atoms with E-state index in [-0.39, 0.29) is 0 Å². The van der Waals surface area contributed by atoms with Crippen molar-refractivity contribution in [3.05, 3.63) is 23.2 Å². The molecule has 3 rings (SSSR count). The smallest absolute Gasteiger partial charge is 0.107 e. The summed E-state index contributed by atoms with van der Waals surface area (Å²) in [5.74, 6) is 2.82. The van der Waals surface area contributed by atoms with Gasteiger partial charge in [0.1, 0.15) is 11.5 Å². The molecule has 0 radical (unpaired) electrons. The van der Waals surface area contributed by atoms with Crippen molar-refractivity contribution in [2.45, 2.75) is 38.5 Å². The van der Waals surface area contributed by atoms with Crippen molar-refractivity contribution in [2.24, 2.45) is 11.1 Å². The maximum Gasteiger partial charge on any atom is 0.107 e. The van der Waals surface area contributed by atoms with Crippen LogP contribution >= 0.6 is 0 Å². The number of rotatable bonds is 1. The second-order valence-corrected chi connectivity index (χ2v) is 4.89. The van der Waals surface area contributed by atoms with Crippen LogP contribution in [0.15, 0.2) is 10.5 Å². The second-order valence-electron chi connectivity index (χ2n) is 4.89. The predicted octanol–water partition coefficient (Wildman–Crippen LogP) is 2.36. The maximum atomic E-state index is 5.90. The largest absolute Gasteiger partial charge is 0.466 e. The summed E-state index contributed by atoms with van der Waals surface area (Å²) in [5, 5.41) is 0. The van der Waals surface area contributed by atoms with Crippen molar-refractivity contribution in [1.82, 2.24) is 0 Å². The fraction of sp³-hybridized carbons (Fsp3) is 0.667. The van der Waals surface area contributed by atoms with Crippen molar-refractivity contribution >= 4 is 0 Å². The quantitative estimate of drug-likeness (QED) is 0.740. The van der Waals surface area contributed by atoms with Gasteiger partial charge in [0.05, 0.1) is 0 Å². The van der Waals surface area contributed by atoms with Gasteiger partial charge < -0.3 is 10.2 Å². The third-order valence-corrected chi connectivity index (χ3v) is 4.06. The molecule has 2 N–H and O–H groups in total. The van der Waals surface area contributed by atoms with Gasteiger partial charge in [-0.15, -0.1) is 0 Å². The SMILES string of the molecule is Cc1cc2c(o1)CCC1(CC1)C2CN. The molecule has 2 aliphatic rings. The molecule has 2 nitrogen and oxygen atoms in total. The van der Waals surface area contributed by atoms with E-state index in [9.17, 15) is 0 Å². The molecular weight excluding hydrogens is 174 g/mol. The lowest BCUT2D eigenvalue weighted by molar-refractivity contribution is 0.323. The minimum absolute atomic E-state index is 0.568. The Bertz CT molecular complexity index is 362. The summed E-state index contributed by atoms with van der Waals surface area (Å²) >= 11 is 0. The van der Waals surface area contributed by atoms with Gasteiger partial charge in [-0.05, 0) is 49.8 Å². The van der Waals surface area contributed by atoms with Crippen LogP contribution in [0.4, 0.5) is 0 Å². The van der Waals surface area contributed by atoms with Gasteiger partial charge in [-0.25, -0.2) is 0 Å². The molecule has 1 saturated carbocycles. The van der Waals surface area contributed by atoms with E-state index in [4.69, 9.17) is 10.2 Å². The highest BCUT2D eigenvalue weighted by Crippen LogP contribution is 2.61. The van der Waals surface area contributed by atoms with Crippen LogP contribution in [0.1, 0.15) is 42.3 Å². The van der Waals surface area contributed by atoms with E-state index in [1.54, 1.807) is 0 Å². The average molecular weight is 191 g/mol. The molecule has 14 heavy (non-hydrogen) atoms. The fourth-order valence-corrected chi connectivity index (χ4v) is 3.08. The monoisotopic (exact) mass is 191 g/mol. The van der Waals surface area contributed by atoms with Crippen LogP contribution in [0, 0.1) is 12.3 Å². The first-order valence-corrected chi connectivity index (χ1v) is 5.54. The number of fused-ring (bicyclic) bond motifs is 1. The van der Waals surface area contributed by atoms with Crippen molar-refractivity contribution < 1.29 is 4.42 Å². The van der Waals surface area contributed by atoms with E-state index in [1.165, 1.54) is 30.6 Å². The lowest BCUT2D eigenvalue weighted by Gasteiger charge is -2.30. The summed E-state index contributed by atoms with van der Waals surface area (Å²) in [6, 6.07) is 2.20. The summed E-state index contributed by atoms with van der Waals surface area (Å²) in [6.45, 7) is 2.82. The molecule has 2 aliphatic carbocycles. The zero-order valence-electron chi connectivity index (χ0n) is 8.68. The Labute approximate surface area is 84.5 Å². The molecule has 2 heteroatoms. The van der Waals surface area contributed by atoms with E-state index in [2.05, 4.69) is 6.07 Å². The molecule has 1 fully saturated rings. The molecule has 1 aromatic heterocycles. The van der Waals surface area contributed by atoms with Gasteiger partial charge in [0.15, 0.2) is 0 Å². The van der Waals surface area contributed by atoms with Gasteiger partial charge in [-0.1, -0.05) is 0 Å². The first-order chi connectivity index (χ1) is 6.75. The molecule has 1 aromatic rings. The highest BCUT2D eigenvalue weighted by Gasteiger charge is 2.52. The van der Waals surface area contributed by atoms with Crippen LogP contribution in [0.2, 0.25) is 0 Å². The fourth-order valence-electron chi connectivity index (χ4n) is 3.08. The van der Waals surface area contributed by atoms with Crippen molar-refractivity contribution in [1.29, 1.82) is 0 Å². The van der Waals surface area contributed by atoms with Crippen LogP contribution in [0.3, 0.4) is 0 Å². The van der Waals surface area contributed by atoms with E-state index in [1.807, 2.05) is 6.92 Å². The van der Waals surface area contributed by atoms with E-state index in [0.29, 0.717) is 11.3 Å². The number of furan rings is 1. The van der Waals surface area contributed by atoms with Crippen LogP contribution in [0.5, 0.6) is 0 Å². The zero-order valence-corrected chi connectivity index (χ0v) is 8.68. The van der Waals surface area contributed by atoms with Gasteiger partial charge in [0.25, 0.3) is 0 Å². The topological polar surface area (TPSA) is 39.2 Å². The van der Waals surface area contributed by atoms with E-state index >= 15 is 0 Å². The van der Waals surface area contributed by atoms with Crippen LogP contribution < -0.4 is 5.73 Å². The molecule has 0 bridgehead atoms. The van der Waals surface area contributed by atoms with E-state index in [0.717, 1.165) is 18.7 Å². The van der Waals surface area contributed by atoms with Gasteiger partial charge in [-0.3, -0.25) is 0 Å². The zero-order chi connectivity index (χ0) is 9.76. The minimum atomic E-state index is 0.568. The normalized spacial score (nSPS) is 27.7. The Balaban J connectivity index is 2.05. The minimum Gasteiger partial charge on any atom is -0.466 e. The van der Waals surface area contributed by atoms with Gasteiger partial charge in [0.2, 0.25) is 0 Å². The molecular formula is C12H17NO. The second kappa shape index (κ2) is 2.63. The lowest BCUT2D eigenvalue weighted by Crippen LogP contribution is -2.27. The molecule has 1 atom stereocenters. The maximum absolute atomic E-state index is 5.90. The summed E-state index contributed by atoms with van der Waals surface area (Å²) in [7, 11) is 0. The van der Waals surface area contributed by atoms with Crippen LogP contribution in [-0.4, -0.2) is 6.54 Å². The molecule has 0 amide bonds. The Kier molecular flexibility index (Phi) is 1.61. The van der Waals surface area contributed by atoms with Crippen molar-refractivity contribution in [2.75, 3.05) is 6.54 Å². The molecule has 1 unspecified atom stereocenters. The Morgan fingerprint density at radius 3 is 2.93 bits per heavy atom. The van der Waals surface area contributed by atoms with E-state index < -0.39 is 0 Å². The summed E-state index contributed by atoms with van der Waals surface area (Å²) < 4.78 is 5.70. The van der Waals surface area contributed by atoms with Crippen molar-refractivity contribution in [3.8, 4) is 0 Å². The highest BCUT2D eigenvalue weighted by molar-refractivity contribution is 5.33. The predicted molar refractivity (Wildman–Crippen MR) is 55.2 cm³/mol. The lowest BCUT2D eigenvalue weighted by atomic mass is 9.75.